The Morgan fingerprint density at radius 2 is 1.97 bits per heavy atom. The maximum atomic E-state index is 12.9. The highest BCUT2D eigenvalue weighted by Gasteiger charge is 2.21. The number of thioether (sulfide) groups is 1. The van der Waals surface area contributed by atoms with Crippen LogP contribution in [0, 0.1) is 13.8 Å². The van der Waals surface area contributed by atoms with Gasteiger partial charge < -0.3 is 14.8 Å². The molecule has 3 rings (SSSR count). The van der Waals surface area contributed by atoms with Gasteiger partial charge >= 0.3 is 5.97 Å². The summed E-state index contributed by atoms with van der Waals surface area (Å²) in [5.41, 5.74) is 1.73. The van der Waals surface area contributed by atoms with Gasteiger partial charge in [0, 0.05) is 26.4 Å². The van der Waals surface area contributed by atoms with E-state index in [1.807, 2.05) is 44.2 Å². The summed E-state index contributed by atoms with van der Waals surface area (Å²) in [4.78, 5) is 12.6. The van der Waals surface area contributed by atoms with Crippen molar-refractivity contribution >= 4 is 60.6 Å². The van der Waals surface area contributed by atoms with Gasteiger partial charge in [-0.3, -0.25) is 0 Å². The van der Waals surface area contributed by atoms with Crippen molar-refractivity contribution in [2.24, 2.45) is 0 Å². The van der Waals surface area contributed by atoms with E-state index < -0.39 is 9.84 Å². The Morgan fingerprint density at radius 1 is 1.19 bits per heavy atom. The number of aryl methyl sites for hydroxylation is 2. The smallest absolute Gasteiger partial charge is 0.344 e. The molecule has 0 radical (unpaired) electrons. The first-order valence-corrected chi connectivity index (χ1v) is 15.6. The van der Waals surface area contributed by atoms with E-state index >= 15 is 0 Å². The number of sulfone groups is 1. The molecule has 0 bridgehead atoms. The van der Waals surface area contributed by atoms with Crippen molar-refractivity contribution in [3.63, 3.8) is 0 Å². The summed E-state index contributed by atoms with van der Waals surface area (Å²) in [6.07, 6.45) is 0.539. The Kier molecular flexibility index (Phi) is 10.5. The Balaban J connectivity index is 1.43. The predicted molar refractivity (Wildman–Crippen MR) is 150 cm³/mol. The van der Waals surface area contributed by atoms with E-state index in [1.165, 1.54) is 11.3 Å². The first-order chi connectivity index (χ1) is 17.1. The molecule has 0 aliphatic rings. The van der Waals surface area contributed by atoms with E-state index in [0.717, 1.165) is 31.9 Å². The lowest BCUT2D eigenvalue weighted by Crippen LogP contribution is -2.30. The molecule has 1 heterocycles. The SMILES string of the molecule is CCOC(=O)COc1ccc(SCC(C)NCCCS(=O)(=O)c2sc3ccc(Cl)cc3c2C)cc1C. The molecule has 0 fully saturated rings. The number of hydrogen-bond acceptors (Lipinski definition) is 8. The zero-order chi connectivity index (χ0) is 26.3. The molecule has 10 heteroatoms. The third kappa shape index (κ3) is 7.86. The fourth-order valence-electron chi connectivity index (χ4n) is 3.66. The van der Waals surface area contributed by atoms with Crippen LogP contribution in [0.1, 0.15) is 31.4 Å². The van der Waals surface area contributed by atoms with E-state index in [-0.39, 0.29) is 24.4 Å². The minimum atomic E-state index is -3.35. The number of benzene rings is 2. The molecule has 2 aromatic carbocycles. The van der Waals surface area contributed by atoms with Gasteiger partial charge in [-0.1, -0.05) is 11.6 Å². The summed E-state index contributed by atoms with van der Waals surface area (Å²) < 4.78 is 37.7. The second-order valence-corrected chi connectivity index (χ2v) is 13.4. The largest absolute Gasteiger partial charge is 0.482 e. The Morgan fingerprint density at radius 3 is 2.69 bits per heavy atom. The van der Waals surface area contributed by atoms with Crippen molar-refractivity contribution in [2.75, 3.05) is 31.3 Å². The van der Waals surface area contributed by atoms with E-state index in [0.29, 0.717) is 34.6 Å². The number of halogens is 1. The third-order valence-electron chi connectivity index (χ3n) is 5.52. The molecule has 6 nitrogen and oxygen atoms in total. The number of esters is 1. The van der Waals surface area contributed by atoms with Gasteiger partial charge in [-0.25, -0.2) is 13.2 Å². The Hall–Kier alpha value is -1.78. The fraction of sp³-hybridized carbons (Fsp3) is 0.423. The second-order valence-electron chi connectivity index (χ2n) is 8.51. The van der Waals surface area contributed by atoms with Crippen LogP contribution < -0.4 is 10.1 Å². The summed E-state index contributed by atoms with van der Waals surface area (Å²) in [6, 6.07) is 11.6. The highest BCUT2D eigenvalue weighted by atomic mass is 35.5. The summed E-state index contributed by atoms with van der Waals surface area (Å²) in [6.45, 7) is 8.49. The number of carbonyl (C=O) groups excluding carboxylic acids is 1. The van der Waals surface area contributed by atoms with Gasteiger partial charge in [0.25, 0.3) is 0 Å². The zero-order valence-electron chi connectivity index (χ0n) is 20.9. The molecule has 3 aromatic rings. The maximum Gasteiger partial charge on any atom is 0.344 e. The highest BCUT2D eigenvalue weighted by Crippen LogP contribution is 2.36. The number of fused-ring (bicyclic) bond motifs is 1. The first-order valence-electron chi connectivity index (χ1n) is 11.8. The van der Waals surface area contributed by atoms with Gasteiger partial charge in [-0.2, -0.15) is 0 Å². The standard InChI is InChI=1S/C26H32ClNO5S3/c1-5-32-25(29)15-33-23-9-8-21(13-17(23)2)34-16-18(3)28-11-6-12-36(30,31)26-19(4)22-14-20(27)7-10-24(22)35-26/h7-10,13-14,18,28H,5-6,11-12,15-16H2,1-4H3. The minimum Gasteiger partial charge on any atom is -0.482 e. The minimum absolute atomic E-state index is 0.103. The van der Waals surface area contributed by atoms with Crippen molar-refractivity contribution in [1.82, 2.24) is 5.32 Å². The average molecular weight is 570 g/mol. The molecule has 1 N–H and O–H groups in total. The lowest BCUT2D eigenvalue weighted by Gasteiger charge is -2.14. The van der Waals surface area contributed by atoms with Crippen LogP contribution in [-0.2, 0) is 19.4 Å². The lowest BCUT2D eigenvalue weighted by atomic mass is 10.2. The molecular formula is C26H32ClNO5S3. The van der Waals surface area contributed by atoms with Gasteiger partial charge in [-0.05, 0) is 93.6 Å². The molecule has 0 aliphatic heterocycles. The lowest BCUT2D eigenvalue weighted by molar-refractivity contribution is -0.145. The number of ether oxygens (including phenoxy) is 2. The first kappa shape index (κ1) is 28.8. The summed E-state index contributed by atoms with van der Waals surface area (Å²) >= 11 is 9.11. The highest BCUT2D eigenvalue weighted by molar-refractivity contribution is 7.99. The average Bonchev–Trinajstić information content (AvgIpc) is 3.16. The summed E-state index contributed by atoms with van der Waals surface area (Å²) in [5.74, 6) is 1.22. The molecule has 1 aromatic heterocycles. The number of rotatable bonds is 13. The molecule has 196 valence electrons. The van der Waals surface area contributed by atoms with E-state index in [2.05, 4.69) is 12.2 Å². The Labute approximate surface area is 226 Å². The fourth-order valence-corrected chi connectivity index (χ4v) is 8.05. The summed E-state index contributed by atoms with van der Waals surface area (Å²) in [5, 5.41) is 4.94. The maximum absolute atomic E-state index is 12.9. The topological polar surface area (TPSA) is 81.7 Å². The molecule has 36 heavy (non-hydrogen) atoms. The van der Waals surface area contributed by atoms with Gasteiger partial charge in [-0.15, -0.1) is 23.1 Å². The van der Waals surface area contributed by atoms with Crippen LogP contribution in [0.2, 0.25) is 5.02 Å². The van der Waals surface area contributed by atoms with Crippen molar-refractivity contribution in [3.05, 3.63) is 52.5 Å². The summed E-state index contributed by atoms with van der Waals surface area (Å²) in [7, 11) is -3.35. The van der Waals surface area contributed by atoms with Crippen molar-refractivity contribution in [2.45, 2.75) is 49.3 Å². The van der Waals surface area contributed by atoms with Crippen LogP contribution in [0.3, 0.4) is 0 Å². The molecule has 0 saturated carbocycles. The van der Waals surface area contributed by atoms with Crippen molar-refractivity contribution in [3.8, 4) is 5.75 Å². The van der Waals surface area contributed by atoms with E-state index in [4.69, 9.17) is 21.1 Å². The monoisotopic (exact) mass is 569 g/mol. The molecular weight excluding hydrogens is 538 g/mol. The van der Waals surface area contributed by atoms with Gasteiger partial charge in [0.15, 0.2) is 16.4 Å². The van der Waals surface area contributed by atoms with Crippen LogP contribution in [0.15, 0.2) is 45.5 Å². The van der Waals surface area contributed by atoms with Crippen molar-refractivity contribution < 1.29 is 22.7 Å². The number of carbonyl (C=O) groups is 1. The van der Waals surface area contributed by atoms with E-state index in [1.54, 1.807) is 24.8 Å². The second kappa shape index (κ2) is 13.1. The number of thiophene rings is 1. The predicted octanol–water partition coefficient (Wildman–Crippen LogP) is 6.05. The van der Waals surface area contributed by atoms with E-state index in [9.17, 15) is 13.2 Å². The molecule has 0 spiro atoms. The quantitative estimate of drug-likeness (QED) is 0.152. The van der Waals surface area contributed by atoms with Crippen molar-refractivity contribution in [1.29, 1.82) is 0 Å². The molecule has 0 saturated heterocycles. The normalized spacial score (nSPS) is 12.6. The van der Waals surface area contributed by atoms with Crippen LogP contribution in [0.5, 0.6) is 5.75 Å². The Bertz CT molecular complexity index is 1310. The molecule has 1 unspecified atom stereocenters. The van der Waals surface area contributed by atoms with Gasteiger partial charge in [0.1, 0.15) is 9.96 Å². The molecule has 0 aliphatic carbocycles. The third-order valence-corrected chi connectivity index (χ3v) is 10.8. The zero-order valence-corrected chi connectivity index (χ0v) is 24.1. The molecule has 1 atom stereocenters. The van der Waals surface area contributed by atoms with Crippen LogP contribution in [0.4, 0.5) is 0 Å². The van der Waals surface area contributed by atoms with Gasteiger partial charge in [0.2, 0.25) is 0 Å². The number of nitrogens with one attached hydrogen (secondary N) is 1. The van der Waals surface area contributed by atoms with Crippen LogP contribution in [0.25, 0.3) is 10.1 Å². The van der Waals surface area contributed by atoms with Gasteiger partial charge in [0.05, 0.1) is 12.4 Å². The van der Waals surface area contributed by atoms with Crippen LogP contribution in [-0.4, -0.2) is 51.7 Å². The molecule has 0 amide bonds. The van der Waals surface area contributed by atoms with Crippen LogP contribution >= 0.6 is 34.7 Å². The number of hydrogen-bond donors (Lipinski definition) is 1.